The summed E-state index contributed by atoms with van der Waals surface area (Å²) in [6.07, 6.45) is -3.22. The maximum absolute atomic E-state index is 11.5. The van der Waals surface area contributed by atoms with Gasteiger partial charge in [-0.05, 0) is 53.1 Å². The van der Waals surface area contributed by atoms with Crippen molar-refractivity contribution in [3.63, 3.8) is 0 Å². The smallest absolute Gasteiger partial charge is 0.200 e. The molecule has 0 unspecified atom stereocenters. The van der Waals surface area contributed by atoms with Gasteiger partial charge in [-0.15, -0.1) is 0 Å². The van der Waals surface area contributed by atoms with Crippen molar-refractivity contribution in [2.75, 3.05) is 28.4 Å². The van der Waals surface area contributed by atoms with Crippen molar-refractivity contribution in [1.82, 2.24) is 0 Å². The quantitative estimate of drug-likeness (QED) is 0.272. The Morgan fingerprint density at radius 1 is 0.769 bits per heavy atom. The Balaban J connectivity index is 1.72. The molecule has 0 amide bonds. The minimum absolute atomic E-state index is 0.0102. The Hall–Kier alpha value is -3.86. The zero-order chi connectivity index (χ0) is 28.3. The monoisotopic (exact) mass is 542 g/mol. The third kappa shape index (κ3) is 5.78. The number of benzene rings is 3. The molecule has 5 atom stereocenters. The molecule has 0 bridgehead atoms. The highest BCUT2D eigenvalue weighted by molar-refractivity contribution is 5.54. The first-order valence-corrected chi connectivity index (χ1v) is 12.4. The number of phenolic OH excluding ortho intramolecular Hbond substituents is 3. The second-order valence-corrected chi connectivity index (χ2v) is 9.41. The maximum atomic E-state index is 11.5. The topological polar surface area (TPSA) is 147 Å². The third-order valence-corrected chi connectivity index (χ3v) is 7.07. The molecule has 5 N–H and O–H groups in total. The Kier molecular flexibility index (Phi) is 8.59. The first-order valence-electron chi connectivity index (χ1n) is 12.4. The van der Waals surface area contributed by atoms with Crippen LogP contribution in [-0.4, -0.2) is 72.3 Å². The number of aliphatic hydroxyl groups is 2. The van der Waals surface area contributed by atoms with Crippen LogP contribution in [0.3, 0.4) is 0 Å². The van der Waals surface area contributed by atoms with Crippen molar-refractivity contribution >= 4 is 0 Å². The highest BCUT2D eigenvalue weighted by Crippen LogP contribution is 2.49. The molecule has 0 aliphatic carbocycles. The van der Waals surface area contributed by atoms with Gasteiger partial charge in [-0.3, -0.25) is 0 Å². The van der Waals surface area contributed by atoms with E-state index in [1.165, 1.54) is 40.6 Å². The van der Waals surface area contributed by atoms with Gasteiger partial charge in [-0.25, -0.2) is 0 Å². The number of ether oxygens (including phenoxy) is 5. The van der Waals surface area contributed by atoms with Crippen molar-refractivity contribution in [1.29, 1.82) is 0 Å². The molecule has 10 heteroatoms. The van der Waals surface area contributed by atoms with Gasteiger partial charge in [0.1, 0.15) is 0 Å². The Morgan fingerprint density at radius 3 is 1.90 bits per heavy atom. The summed E-state index contributed by atoms with van der Waals surface area (Å²) in [6.45, 7) is 0. The van der Waals surface area contributed by atoms with Gasteiger partial charge in [0.25, 0.3) is 0 Å². The lowest BCUT2D eigenvalue weighted by Gasteiger charge is -2.42. The number of hydrogen-bond acceptors (Lipinski definition) is 10. The molecule has 1 heterocycles. The summed E-state index contributed by atoms with van der Waals surface area (Å²) in [5.74, 6) is -0.0407. The number of phenols is 3. The van der Waals surface area contributed by atoms with Crippen LogP contribution in [0.1, 0.15) is 35.1 Å². The Morgan fingerprint density at radius 2 is 1.31 bits per heavy atom. The summed E-state index contributed by atoms with van der Waals surface area (Å²) in [5.41, 5.74) is 1.90. The largest absolute Gasteiger partial charge is 0.504 e. The van der Waals surface area contributed by atoms with Crippen LogP contribution in [0.4, 0.5) is 0 Å². The zero-order valence-electron chi connectivity index (χ0n) is 22.2. The van der Waals surface area contributed by atoms with E-state index >= 15 is 0 Å². The van der Waals surface area contributed by atoms with Crippen LogP contribution in [-0.2, 0) is 11.2 Å². The van der Waals surface area contributed by atoms with Gasteiger partial charge in [0.15, 0.2) is 34.5 Å². The van der Waals surface area contributed by atoms with Crippen LogP contribution in [0.2, 0.25) is 0 Å². The molecule has 10 nitrogen and oxygen atoms in total. The molecule has 39 heavy (non-hydrogen) atoms. The second kappa shape index (κ2) is 11.9. The van der Waals surface area contributed by atoms with Crippen LogP contribution >= 0.6 is 0 Å². The number of aromatic hydroxyl groups is 3. The number of hydrogen-bond donors (Lipinski definition) is 5. The van der Waals surface area contributed by atoms with Crippen molar-refractivity contribution in [2.24, 2.45) is 0 Å². The van der Waals surface area contributed by atoms with E-state index in [1.807, 2.05) is 0 Å². The van der Waals surface area contributed by atoms with Crippen molar-refractivity contribution in [3.05, 3.63) is 65.2 Å². The summed E-state index contributed by atoms with van der Waals surface area (Å²) >= 11 is 0. The standard InChI is InChI=1S/C29H34O10/c1-35-22-10-15(5-7-18(22)30)9-20(32)24-14-21(33)27(17-12-25(37-3)28(34)26(13-17)38-4)29(39-24)16-6-8-19(31)23(11-16)36-2/h5-8,10-13,20-21,24,27,29-34H,9,14H2,1-4H3/t20-,21-,24+,27-,29+/m1/s1. The van der Waals surface area contributed by atoms with Gasteiger partial charge in [0.05, 0.1) is 52.9 Å². The van der Waals surface area contributed by atoms with Crippen LogP contribution in [0.5, 0.6) is 40.2 Å². The molecule has 0 spiro atoms. The van der Waals surface area contributed by atoms with E-state index in [9.17, 15) is 25.5 Å². The van der Waals surface area contributed by atoms with E-state index in [-0.39, 0.29) is 53.1 Å². The Labute approximate surface area is 226 Å². The lowest BCUT2D eigenvalue weighted by Crippen LogP contribution is -2.44. The van der Waals surface area contributed by atoms with Gasteiger partial charge < -0.3 is 49.2 Å². The third-order valence-electron chi connectivity index (χ3n) is 7.07. The normalized spacial score (nSPS) is 21.7. The van der Waals surface area contributed by atoms with Crippen LogP contribution in [0.25, 0.3) is 0 Å². The minimum Gasteiger partial charge on any atom is -0.504 e. The SMILES string of the molecule is COc1cc(C[C@@H](O)[C@@H]2C[C@@H](O)[C@@H](c3cc(OC)c(O)c(OC)c3)[C@H](c3ccc(O)c(OC)c3)O2)ccc1O. The van der Waals surface area contributed by atoms with Crippen LogP contribution in [0.15, 0.2) is 48.5 Å². The molecule has 210 valence electrons. The first-order chi connectivity index (χ1) is 18.7. The van der Waals surface area contributed by atoms with Crippen molar-refractivity contribution < 1.29 is 49.2 Å². The molecular weight excluding hydrogens is 508 g/mol. The Bertz CT molecular complexity index is 1270. The number of aliphatic hydroxyl groups excluding tert-OH is 2. The van der Waals surface area contributed by atoms with Gasteiger partial charge in [-0.1, -0.05) is 12.1 Å². The molecular formula is C29H34O10. The fourth-order valence-corrected chi connectivity index (χ4v) is 5.04. The summed E-state index contributed by atoms with van der Waals surface area (Å²) in [5, 5.41) is 53.1. The van der Waals surface area contributed by atoms with Crippen LogP contribution in [0, 0.1) is 0 Å². The average Bonchev–Trinajstić information content (AvgIpc) is 2.94. The molecule has 1 saturated heterocycles. The van der Waals surface area contributed by atoms with Gasteiger partial charge >= 0.3 is 0 Å². The highest BCUT2D eigenvalue weighted by atomic mass is 16.5. The predicted octanol–water partition coefficient (Wildman–Crippen LogP) is 3.42. The van der Waals surface area contributed by atoms with Crippen molar-refractivity contribution in [3.8, 4) is 40.2 Å². The van der Waals surface area contributed by atoms with E-state index in [0.717, 1.165) is 0 Å². The number of methoxy groups -OCH3 is 4. The highest BCUT2D eigenvalue weighted by Gasteiger charge is 2.43. The van der Waals surface area contributed by atoms with E-state index < -0.39 is 30.3 Å². The van der Waals surface area contributed by atoms with E-state index in [2.05, 4.69) is 0 Å². The second-order valence-electron chi connectivity index (χ2n) is 9.41. The molecule has 1 aliphatic heterocycles. The van der Waals surface area contributed by atoms with Crippen LogP contribution < -0.4 is 18.9 Å². The van der Waals surface area contributed by atoms with E-state index in [4.69, 9.17) is 23.7 Å². The maximum Gasteiger partial charge on any atom is 0.200 e. The summed E-state index contributed by atoms with van der Waals surface area (Å²) < 4.78 is 27.6. The molecule has 1 fully saturated rings. The van der Waals surface area contributed by atoms with Gasteiger partial charge in [0, 0.05) is 18.8 Å². The molecule has 3 aromatic rings. The summed E-state index contributed by atoms with van der Waals surface area (Å²) in [6, 6.07) is 12.8. The lowest BCUT2D eigenvalue weighted by molar-refractivity contribution is -0.151. The molecule has 3 aromatic carbocycles. The molecule has 0 saturated carbocycles. The lowest BCUT2D eigenvalue weighted by atomic mass is 9.79. The van der Waals surface area contributed by atoms with Gasteiger partial charge in [0.2, 0.25) is 5.75 Å². The summed E-state index contributed by atoms with van der Waals surface area (Å²) in [7, 11) is 5.71. The number of rotatable bonds is 9. The molecule has 0 radical (unpaired) electrons. The first kappa shape index (κ1) is 28.2. The van der Waals surface area contributed by atoms with Gasteiger partial charge in [-0.2, -0.15) is 0 Å². The average molecular weight is 543 g/mol. The fraction of sp³-hybridized carbons (Fsp3) is 0.379. The van der Waals surface area contributed by atoms with E-state index in [1.54, 1.807) is 36.4 Å². The summed E-state index contributed by atoms with van der Waals surface area (Å²) in [4.78, 5) is 0. The molecule has 1 aliphatic rings. The van der Waals surface area contributed by atoms with E-state index in [0.29, 0.717) is 16.7 Å². The molecule has 0 aromatic heterocycles. The fourth-order valence-electron chi connectivity index (χ4n) is 5.04. The minimum atomic E-state index is -1.000. The zero-order valence-corrected chi connectivity index (χ0v) is 22.2. The molecule has 4 rings (SSSR count). The van der Waals surface area contributed by atoms with Crippen molar-refractivity contribution in [2.45, 2.75) is 43.2 Å². The predicted molar refractivity (Wildman–Crippen MR) is 141 cm³/mol.